The number of aryl methyl sites for hydroxylation is 1. The van der Waals surface area contributed by atoms with Gasteiger partial charge in [0.15, 0.2) is 0 Å². The minimum atomic E-state index is -0.278. The minimum absolute atomic E-state index is 0.0139. The normalized spacial score (nSPS) is 17.0. The molecule has 2 aromatic rings. The minimum Gasteiger partial charge on any atom is -0.493 e. The van der Waals surface area contributed by atoms with E-state index in [4.69, 9.17) is 4.74 Å². The number of aromatic nitrogens is 1. The van der Waals surface area contributed by atoms with E-state index in [1.54, 1.807) is 30.5 Å². The quantitative estimate of drug-likeness (QED) is 0.768. The molecule has 30 heavy (non-hydrogen) atoms. The highest BCUT2D eigenvalue weighted by atomic mass is 19.1. The summed E-state index contributed by atoms with van der Waals surface area (Å²) >= 11 is 0. The fourth-order valence-corrected chi connectivity index (χ4v) is 3.70. The van der Waals surface area contributed by atoms with Gasteiger partial charge in [0.25, 0.3) is 0 Å². The number of nitrogens with zero attached hydrogens (tertiary/aromatic N) is 2. The number of amides is 2. The number of piperidine rings is 1. The molecule has 1 aromatic heterocycles. The fraction of sp³-hybridized carbons (Fsp3) is 0.348. The van der Waals surface area contributed by atoms with Gasteiger partial charge in [-0.1, -0.05) is 0 Å². The van der Waals surface area contributed by atoms with Crippen molar-refractivity contribution in [2.45, 2.75) is 25.7 Å². The molecule has 156 valence electrons. The van der Waals surface area contributed by atoms with Crippen LogP contribution >= 0.6 is 0 Å². The lowest BCUT2D eigenvalue weighted by Gasteiger charge is -2.31. The van der Waals surface area contributed by atoms with E-state index in [9.17, 15) is 14.0 Å². The summed E-state index contributed by atoms with van der Waals surface area (Å²) in [7, 11) is 0. The first-order valence-corrected chi connectivity index (χ1v) is 10.2. The van der Waals surface area contributed by atoms with E-state index in [-0.39, 0.29) is 17.6 Å². The van der Waals surface area contributed by atoms with E-state index in [1.165, 1.54) is 12.1 Å². The number of carbonyl (C=O) groups is 2. The number of anilines is 1. The summed E-state index contributed by atoms with van der Waals surface area (Å²) in [6.45, 7) is 1.95. The van der Waals surface area contributed by atoms with Crippen LogP contribution in [-0.4, -0.2) is 41.4 Å². The molecule has 4 rings (SSSR count). The van der Waals surface area contributed by atoms with Crippen LogP contribution in [0.2, 0.25) is 0 Å². The average molecular weight is 409 g/mol. The van der Waals surface area contributed by atoms with E-state index < -0.39 is 0 Å². The highest BCUT2D eigenvalue weighted by molar-refractivity contribution is 5.93. The Morgan fingerprint density at radius 2 is 2.00 bits per heavy atom. The van der Waals surface area contributed by atoms with Gasteiger partial charge >= 0.3 is 0 Å². The molecule has 2 aliphatic rings. The molecule has 1 aromatic carbocycles. The van der Waals surface area contributed by atoms with Crippen LogP contribution in [0.3, 0.4) is 0 Å². The molecule has 2 aliphatic heterocycles. The molecular formula is C23H24FN3O3. The maximum atomic E-state index is 12.9. The predicted octanol–water partition coefficient (Wildman–Crippen LogP) is 3.44. The van der Waals surface area contributed by atoms with Crippen LogP contribution in [0.5, 0.6) is 5.75 Å². The van der Waals surface area contributed by atoms with Crippen LogP contribution in [0.25, 0.3) is 6.08 Å². The summed E-state index contributed by atoms with van der Waals surface area (Å²) in [6.07, 6.45) is 7.89. The number of carbonyl (C=O) groups excluding carboxylic acids is 2. The number of hydrogen-bond acceptors (Lipinski definition) is 4. The summed E-state index contributed by atoms with van der Waals surface area (Å²) in [5, 5.41) is 2.75. The zero-order chi connectivity index (χ0) is 20.9. The number of ether oxygens (including phenoxy) is 1. The van der Waals surface area contributed by atoms with Crippen LogP contribution in [0.15, 0.2) is 42.6 Å². The predicted molar refractivity (Wildman–Crippen MR) is 111 cm³/mol. The number of nitrogens with one attached hydrogen (secondary N) is 1. The molecule has 0 radical (unpaired) electrons. The Morgan fingerprint density at radius 3 is 2.77 bits per heavy atom. The van der Waals surface area contributed by atoms with Gasteiger partial charge in [-0.3, -0.25) is 9.59 Å². The molecule has 0 unspecified atom stereocenters. The highest BCUT2D eigenvalue weighted by Crippen LogP contribution is 2.22. The van der Waals surface area contributed by atoms with Gasteiger partial charge in [0.1, 0.15) is 17.4 Å². The molecule has 0 aliphatic carbocycles. The lowest BCUT2D eigenvalue weighted by Crippen LogP contribution is -2.38. The van der Waals surface area contributed by atoms with Crippen molar-refractivity contribution in [2.24, 2.45) is 5.92 Å². The number of hydrogen-bond donors (Lipinski definition) is 1. The van der Waals surface area contributed by atoms with Crippen LogP contribution in [0, 0.1) is 11.7 Å². The van der Waals surface area contributed by atoms with Gasteiger partial charge in [0.2, 0.25) is 11.8 Å². The Bertz CT molecular complexity index is 951. The highest BCUT2D eigenvalue weighted by Gasteiger charge is 2.22. The lowest BCUT2D eigenvalue weighted by molar-refractivity contribution is -0.127. The van der Waals surface area contributed by atoms with Crippen molar-refractivity contribution in [3.8, 4) is 5.75 Å². The largest absolute Gasteiger partial charge is 0.493 e. The van der Waals surface area contributed by atoms with Gasteiger partial charge in [-0.05, 0) is 72.7 Å². The zero-order valence-electron chi connectivity index (χ0n) is 16.6. The Morgan fingerprint density at radius 1 is 1.23 bits per heavy atom. The molecule has 6 nitrogen and oxygen atoms in total. The maximum Gasteiger partial charge on any atom is 0.246 e. The molecule has 0 bridgehead atoms. The van der Waals surface area contributed by atoms with Crippen molar-refractivity contribution in [1.82, 2.24) is 9.88 Å². The lowest BCUT2D eigenvalue weighted by atomic mass is 9.97. The third-order valence-electron chi connectivity index (χ3n) is 5.51. The summed E-state index contributed by atoms with van der Waals surface area (Å²) in [6, 6.07) is 7.99. The zero-order valence-corrected chi connectivity index (χ0v) is 16.6. The Labute approximate surface area is 174 Å². The second-order valence-corrected chi connectivity index (χ2v) is 7.69. The van der Waals surface area contributed by atoms with E-state index in [0.717, 1.165) is 24.0 Å². The summed E-state index contributed by atoms with van der Waals surface area (Å²) < 4.78 is 18.7. The monoisotopic (exact) mass is 409 g/mol. The maximum absolute atomic E-state index is 12.9. The summed E-state index contributed by atoms with van der Waals surface area (Å²) in [5.74, 6) is 1.35. The number of rotatable bonds is 5. The van der Waals surface area contributed by atoms with Crippen molar-refractivity contribution in [2.75, 3.05) is 25.0 Å². The molecule has 2 amide bonds. The van der Waals surface area contributed by atoms with Crippen molar-refractivity contribution < 1.29 is 18.7 Å². The van der Waals surface area contributed by atoms with Gasteiger partial charge in [-0.25, -0.2) is 9.37 Å². The van der Waals surface area contributed by atoms with Crippen molar-refractivity contribution >= 4 is 23.7 Å². The van der Waals surface area contributed by atoms with Crippen molar-refractivity contribution in [1.29, 1.82) is 0 Å². The second-order valence-electron chi connectivity index (χ2n) is 7.69. The smallest absolute Gasteiger partial charge is 0.246 e. The van der Waals surface area contributed by atoms with Crippen LogP contribution in [-0.2, 0) is 16.0 Å². The number of halogens is 1. The molecular weight excluding hydrogens is 385 g/mol. The molecule has 0 spiro atoms. The second kappa shape index (κ2) is 9.07. The van der Waals surface area contributed by atoms with E-state index in [1.807, 2.05) is 11.0 Å². The topological polar surface area (TPSA) is 71.5 Å². The van der Waals surface area contributed by atoms with Gasteiger partial charge in [0, 0.05) is 31.8 Å². The Balaban J connectivity index is 1.25. The first kappa shape index (κ1) is 20.1. The van der Waals surface area contributed by atoms with Crippen LogP contribution < -0.4 is 10.1 Å². The summed E-state index contributed by atoms with van der Waals surface area (Å²) in [5.41, 5.74) is 1.84. The molecule has 0 atom stereocenters. The van der Waals surface area contributed by atoms with Gasteiger partial charge in [-0.15, -0.1) is 0 Å². The first-order chi connectivity index (χ1) is 14.6. The molecule has 3 heterocycles. The molecule has 0 saturated carbocycles. The van der Waals surface area contributed by atoms with Gasteiger partial charge < -0.3 is 15.0 Å². The van der Waals surface area contributed by atoms with Crippen molar-refractivity contribution in [3.63, 3.8) is 0 Å². The van der Waals surface area contributed by atoms with Gasteiger partial charge in [0.05, 0.1) is 6.61 Å². The number of fused-ring (bicyclic) bond motifs is 1. The van der Waals surface area contributed by atoms with Gasteiger partial charge in [-0.2, -0.15) is 0 Å². The molecule has 1 fully saturated rings. The van der Waals surface area contributed by atoms with E-state index in [2.05, 4.69) is 10.3 Å². The molecule has 1 N–H and O–H groups in total. The molecule has 1 saturated heterocycles. The average Bonchev–Trinajstić information content (AvgIpc) is 2.77. The number of pyridine rings is 1. The SMILES string of the molecule is O=C1CCc2cc(/C=C/C(=O)N3CCC(COc4ccc(F)cc4)CC3)cnc2N1. The molecule has 7 heteroatoms. The standard InChI is InChI=1S/C23H24FN3O3/c24-19-3-5-20(6-4-19)30-15-16-9-11-27(12-10-16)22(29)8-1-17-13-18-2-7-21(28)26-23(18)25-14-17/h1,3-6,8,13-14,16H,2,7,9-12,15H2,(H,25,26,28)/b8-1+. The van der Waals surface area contributed by atoms with E-state index in [0.29, 0.717) is 50.0 Å². The fourth-order valence-electron chi connectivity index (χ4n) is 3.70. The Kier molecular flexibility index (Phi) is 6.07. The Hall–Kier alpha value is -3.22. The third-order valence-corrected chi connectivity index (χ3v) is 5.51. The van der Waals surface area contributed by atoms with E-state index >= 15 is 0 Å². The van der Waals surface area contributed by atoms with Crippen molar-refractivity contribution in [3.05, 3.63) is 59.5 Å². The first-order valence-electron chi connectivity index (χ1n) is 10.2. The number of likely N-dealkylation sites (tertiary alicyclic amines) is 1. The van der Waals surface area contributed by atoms with Crippen LogP contribution in [0.1, 0.15) is 30.4 Å². The number of benzene rings is 1. The van der Waals surface area contributed by atoms with Crippen LogP contribution in [0.4, 0.5) is 10.2 Å². The summed E-state index contributed by atoms with van der Waals surface area (Å²) in [4.78, 5) is 30.1. The third kappa shape index (κ3) is 5.03.